The number of aryl methyl sites for hydroxylation is 1. The Kier molecular flexibility index (Phi) is 4.44. The van der Waals surface area contributed by atoms with Gasteiger partial charge < -0.3 is 0 Å². The number of sulfonamides is 1. The van der Waals surface area contributed by atoms with Gasteiger partial charge in [-0.3, -0.25) is 0 Å². The zero-order chi connectivity index (χ0) is 13.5. The molecule has 0 aliphatic carbocycles. The first kappa shape index (κ1) is 14.8. The van der Waals surface area contributed by atoms with Gasteiger partial charge in [0.15, 0.2) is 0 Å². The molecule has 2 unspecified atom stereocenters. The third kappa shape index (κ3) is 2.77. The molecule has 1 aromatic rings. The van der Waals surface area contributed by atoms with Crippen LogP contribution in [0.5, 0.6) is 0 Å². The highest BCUT2D eigenvalue weighted by atomic mass is 79.9. The third-order valence-corrected chi connectivity index (χ3v) is 8.29. The van der Waals surface area contributed by atoms with Crippen molar-refractivity contribution in [2.75, 3.05) is 13.1 Å². The SMILES string of the molecule is Cc1cc(S(=O)(=O)N2CCC(Cl)C(C)C2)sc1Br. The number of alkyl halides is 1. The summed E-state index contributed by atoms with van der Waals surface area (Å²) in [5.74, 6) is 0.194. The molecule has 0 bridgehead atoms. The lowest BCUT2D eigenvalue weighted by Crippen LogP contribution is -2.43. The van der Waals surface area contributed by atoms with Gasteiger partial charge in [-0.25, -0.2) is 8.42 Å². The quantitative estimate of drug-likeness (QED) is 0.746. The zero-order valence-electron chi connectivity index (χ0n) is 10.2. The Labute approximate surface area is 125 Å². The van der Waals surface area contributed by atoms with Crippen LogP contribution in [0.15, 0.2) is 14.1 Å². The average molecular weight is 373 g/mol. The molecule has 3 nitrogen and oxygen atoms in total. The van der Waals surface area contributed by atoms with Crippen LogP contribution in [0.25, 0.3) is 0 Å². The largest absolute Gasteiger partial charge is 0.252 e. The molecule has 0 radical (unpaired) electrons. The average Bonchev–Trinajstić information content (AvgIpc) is 2.64. The predicted molar refractivity (Wildman–Crippen MR) is 78.9 cm³/mol. The fraction of sp³-hybridized carbons (Fsp3) is 0.636. The van der Waals surface area contributed by atoms with E-state index in [1.54, 1.807) is 10.4 Å². The highest BCUT2D eigenvalue weighted by molar-refractivity contribution is 9.11. The maximum absolute atomic E-state index is 12.5. The molecule has 0 saturated carbocycles. The van der Waals surface area contributed by atoms with Crippen LogP contribution in [0, 0.1) is 12.8 Å². The van der Waals surface area contributed by atoms with Gasteiger partial charge in [0, 0.05) is 18.5 Å². The summed E-state index contributed by atoms with van der Waals surface area (Å²) in [5, 5.41) is 0.0771. The Morgan fingerprint density at radius 1 is 1.56 bits per heavy atom. The monoisotopic (exact) mass is 371 g/mol. The second-order valence-electron chi connectivity index (χ2n) is 4.67. The second-order valence-corrected chi connectivity index (χ2v) is 9.76. The summed E-state index contributed by atoms with van der Waals surface area (Å²) in [5.41, 5.74) is 0.957. The molecule has 1 fully saturated rings. The molecule has 1 aromatic heterocycles. The zero-order valence-corrected chi connectivity index (χ0v) is 14.2. The van der Waals surface area contributed by atoms with E-state index >= 15 is 0 Å². The first-order valence-corrected chi connectivity index (χ1v) is 9.21. The highest BCUT2D eigenvalue weighted by Gasteiger charge is 2.33. The van der Waals surface area contributed by atoms with E-state index in [2.05, 4.69) is 15.9 Å². The van der Waals surface area contributed by atoms with E-state index < -0.39 is 10.0 Å². The van der Waals surface area contributed by atoms with Crippen molar-refractivity contribution in [3.8, 4) is 0 Å². The molecule has 1 saturated heterocycles. The van der Waals surface area contributed by atoms with E-state index in [0.717, 1.165) is 9.35 Å². The molecular formula is C11H15BrClNO2S2. The first-order valence-electron chi connectivity index (χ1n) is 5.72. The van der Waals surface area contributed by atoms with Gasteiger partial charge in [-0.05, 0) is 46.8 Å². The van der Waals surface area contributed by atoms with Crippen molar-refractivity contribution in [2.45, 2.75) is 29.9 Å². The normalized spacial score (nSPS) is 26.4. The van der Waals surface area contributed by atoms with Crippen molar-refractivity contribution in [1.82, 2.24) is 4.31 Å². The van der Waals surface area contributed by atoms with Crippen molar-refractivity contribution in [1.29, 1.82) is 0 Å². The molecule has 0 amide bonds. The van der Waals surface area contributed by atoms with E-state index in [4.69, 9.17) is 11.6 Å². The summed E-state index contributed by atoms with van der Waals surface area (Å²) < 4.78 is 27.8. The summed E-state index contributed by atoms with van der Waals surface area (Å²) in [4.78, 5) is 0. The molecule has 1 aliphatic heterocycles. The van der Waals surface area contributed by atoms with E-state index in [-0.39, 0.29) is 11.3 Å². The van der Waals surface area contributed by atoms with Gasteiger partial charge in [0.2, 0.25) is 0 Å². The minimum Gasteiger partial charge on any atom is -0.206 e. The molecule has 102 valence electrons. The molecule has 18 heavy (non-hydrogen) atoms. The van der Waals surface area contributed by atoms with E-state index in [1.807, 2.05) is 13.8 Å². The highest BCUT2D eigenvalue weighted by Crippen LogP contribution is 2.34. The summed E-state index contributed by atoms with van der Waals surface area (Å²) in [6.07, 6.45) is 0.716. The van der Waals surface area contributed by atoms with E-state index in [9.17, 15) is 8.42 Å². The van der Waals surface area contributed by atoms with Crippen molar-refractivity contribution >= 4 is 48.9 Å². The minimum absolute atomic E-state index is 0.0771. The Morgan fingerprint density at radius 2 is 2.22 bits per heavy atom. The summed E-state index contributed by atoms with van der Waals surface area (Å²) in [6, 6.07) is 1.72. The Hall–Kier alpha value is 0.380. The number of thiophene rings is 1. The first-order chi connectivity index (χ1) is 8.32. The summed E-state index contributed by atoms with van der Waals surface area (Å²) in [7, 11) is -3.36. The van der Waals surface area contributed by atoms with Gasteiger partial charge in [0.25, 0.3) is 10.0 Å². The molecular weight excluding hydrogens is 358 g/mol. The van der Waals surface area contributed by atoms with E-state index in [1.165, 1.54) is 11.3 Å². The van der Waals surface area contributed by atoms with Crippen LogP contribution in [-0.4, -0.2) is 31.2 Å². The van der Waals surface area contributed by atoms with Gasteiger partial charge in [0.05, 0.1) is 3.79 Å². The Morgan fingerprint density at radius 3 is 2.72 bits per heavy atom. The summed E-state index contributed by atoms with van der Waals surface area (Å²) in [6.45, 7) is 4.91. The standard InChI is InChI=1S/C11H15BrClNO2S2/c1-7-5-10(17-11(7)12)18(15,16)14-4-3-9(13)8(2)6-14/h5,8-9H,3-4,6H2,1-2H3. The van der Waals surface area contributed by atoms with Crippen LogP contribution in [-0.2, 0) is 10.0 Å². The number of hydrogen-bond donors (Lipinski definition) is 0. The number of halogens is 2. The van der Waals surface area contributed by atoms with Gasteiger partial charge in [0.1, 0.15) is 4.21 Å². The van der Waals surface area contributed by atoms with Crippen LogP contribution in [0.1, 0.15) is 18.9 Å². The lowest BCUT2D eigenvalue weighted by molar-refractivity contribution is 0.286. The molecule has 2 rings (SSSR count). The van der Waals surface area contributed by atoms with Crippen LogP contribution < -0.4 is 0 Å². The lowest BCUT2D eigenvalue weighted by Gasteiger charge is -2.32. The fourth-order valence-electron chi connectivity index (χ4n) is 1.98. The van der Waals surface area contributed by atoms with Crippen LogP contribution in [0.2, 0.25) is 0 Å². The molecule has 0 aromatic carbocycles. The maximum Gasteiger partial charge on any atom is 0.252 e. The molecule has 0 N–H and O–H groups in total. The molecule has 7 heteroatoms. The van der Waals surface area contributed by atoms with Gasteiger partial charge in [-0.2, -0.15) is 4.31 Å². The minimum atomic E-state index is -3.36. The van der Waals surface area contributed by atoms with Crippen molar-refractivity contribution in [2.24, 2.45) is 5.92 Å². The van der Waals surface area contributed by atoms with Crippen molar-refractivity contribution in [3.63, 3.8) is 0 Å². The van der Waals surface area contributed by atoms with Gasteiger partial charge >= 0.3 is 0 Å². The Balaban J connectivity index is 2.26. The molecule has 0 spiro atoms. The topological polar surface area (TPSA) is 37.4 Å². The van der Waals surface area contributed by atoms with Crippen LogP contribution >= 0.6 is 38.9 Å². The van der Waals surface area contributed by atoms with Crippen LogP contribution in [0.3, 0.4) is 0 Å². The van der Waals surface area contributed by atoms with E-state index in [0.29, 0.717) is 23.7 Å². The second kappa shape index (κ2) is 5.40. The smallest absolute Gasteiger partial charge is 0.206 e. The Bertz CT molecular complexity index is 524. The third-order valence-electron chi connectivity index (χ3n) is 3.19. The lowest BCUT2D eigenvalue weighted by atomic mass is 10.0. The van der Waals surface area contributed by atoms with Crippen LogP contribution in [0.4, 0.5) is 0 Å². The predicted octanol–water partition coefficient (Wildman–Crippen LogP) is 3.46. The number of hydrogen-bond acceptors (Lipinski definition) is 3. The van der Waals surface area contributed by atoms with Crippen molar-refractivity contribution < 1.29 is 8.42 Å². The molecule has 2 atom stereocenters. The number of rotatable bonds is 2. The fourth-order valence-corrected chi connectivity index (χ4v) is 6.10. The molecule has 1 aliphatic rings. The van der Waals surface area contributed by atoms with Gasteiger partial charge in [-0.1, -0.05) is 6.92 Å². The summed E-state index contributed by atoms with van der Waals surface area (Å²) >= 11 is 10.8. The number of nitrogens with zero attached hydrogens (tertiary/aromatic N) is 1. The number of piperidine rings is 1. The molecule has 2 heterocycles. The van der Waals surface area contributed by atoms with Gasteiger partial charge in [-0.15, -0.1) is 22.9 Å². The maximum atomic E-state index is 12.5. The van der Waals surface area contributed by atoms with Crippen molar-refractivity contribution in [3.05, 3.63) is 15.4 Å².